The largest absolute Gasteiger partial charge is 0.351 e. The summed E-state index contributed by atoms with van der Waals surface area (Å²) in [6.07, 6.45) is 3.82. The van der Waals surface area contributed by atoms with Crippen LogP contribution in [-0.2, 0) is 6.42 Å². The maximum atomic E-state index is 4.14. The minimum absolute atomic E-state index is 0.542. The van der Waals surface area contributed by atoms with Gasteiger partial charge >= 0.3 is 0 Å². The summed E-state index contributed by atoms with van der Waals surface area (Å²) in [5, 5.41) is 0. The molecule has 2 rings (SSSR count). The Hall–Kier alpha value is -0.820. The lowest BCUT2D eigenvalue weighted by Crippen LogP contribution is -2.54. The van der Waals surface area contributed by atoms with E-state index in [1.54, 1.807) is 0 Å². The van der Waals surface area contributed by atoms with Crippen molar-refractivity contribution < 1.29 is 5.73 Å². The monoisotopic (exact) mass is 148 g/mol. The van der Waals surface area contributed by atoms with Crippen LogP contribution in [0.1, 0.15) is 30.0 Å². The van der Waals surface area contributed by atoms with Gasteiger partial charge in [-0.3, -0.25) is 0 Å². The molecule has 58 valence electrons. The highest BCUT2D eigenvalue weighted by Crippen LogP contribution is 2.25. The topological polar surface area (TPSA) is 27.6 Å². The average Bonchev–Trinajstić information content (AvgIpc) is 2.06. The first-order valence-electron chi connectivity index (χ1n) is 4.29. The lowest BCUT2D eigenvalue weighted by molar-refractivity contribution is -0.429. The lowest BCUT2D eigenvalue weighted by Gasteiger charge is -2.18. The second-order valence-corrected chi connectivity index (χ2v) is 3.29. The first kappa shape index (κ1) is 6.86. The number of hydrogen-bond donors (Lipinski definition) is 1. The molecule has 0 radical (unpaired) electrons. The molecule has 0 fully saturated rings. The molecule has 1 aromatic carbocycles. The zero-order valence-corrected chi connectivity index (χ0v) is 6.72. The van der Waals surface area contributed by atoms with Crippen molar-refractivity contribution in [2.45, 2.75) is 25.3 Å². The molecule has 0 saturated heterocycles. The summed E-state index contributed by atoms with van der Waals surface area (Å²) in [6, 6.07) is 9.22. The molecule has 3 N–H and O–H groups in total. The van der Waals surface area contributed by atoms with E-state index in [2.05, 4.69) is 30.0 Å². The summed E-state index contributed by atoms with van der Waals surface area (Å²) < 4.78 is 0. The summed E-state index contributed by atoms with van der Waals surface area (Å²) in [5.74, 6) is 0. The van der Waals surface area contributed by atoms with Crippen LogP contribution < -0.4 is 5.73 Å². The summed E-state index contributed by atoms with van der Waals surface area (Å²) in [7, 11) is 0. The highest BCUT2D eigenvalue weighted by atomic mass is 14.6. The number of benzene rings is 1. The first-order valence-corrected chi connectivity index (χ1v) is 4.29. The summed E-state index contributed by atoms with van der Waals surface area (Å²) in [6.45, 7) is 0. The predicted octanol–water partition coefficient (Wildman–Crippen LogP) is 1.31. The smallest absolute Gasteiger partial charge is 0.110 e. The summed E-state index contributed by atoms with van der Waals surface area (Å²) in [5.41, 5.74) is 7.12. The third-order valence-corrected chi connectivity index (χ3v) is 2.49. The first-order chi connectivity index (χ1) is 5.38. The molecule has 0 bridgehead atoms. The second kappa shape index (κ2) is 2.67. The Morgan fingerprint density at radius 3 is 2.91 bits per heavy atom. The van der Waals surface area contributed by atoms with E-state index >= 15 is 0 Å². The van der Waals surface area contributed by atoms with E-state index in [1.807, 2.05) is 0 Å². The van der Waals surface area contributed by atoms with E-state index < -0.39 is 0 Å². The van der Waals surface area contributed by atoms with Crippen molar-refractivity contribution in [2.24, 2.45) is 0 Å². The van der Waals surface area contributed by atoms with Crippen LogP contribution in [0.15, 0.2) is 24.3 Å². The molecule has 1 aliphatic carbocycles. The lowest BCUT2D eigenvalue weighted by atomic mass is 9.88. The third kappa shape index (κ3) is 1.16. The average molecular weight is 148 g/mol. The fourth-order valence-electron chi connectivity index (χ4n) is 1.85. The molecule has 1 heteroatoms. The molecule has 0 amide bonds. The molecule has 1 nitrogen and oxygen atoms in total. The fraction of sp³-hybridized carbons (Fsp3) is 0.400. The Morgan fingerprint density at radius 1 is 1.27 bits per heavy atom. The van der Waals surface area contributed by atoms with Crippen LogP contribution in [0.2, 0.25) is 0 Å². The van der Waals surface area contributed by atoms with Crippen molar-refractivity contribution >= 4 is 0 Å². The van der Waals surface area contributed by atoms with Crippen molar-refractivity contribution in [1.29, 1.82) is 0 Å². The molecule has 1 atom stereocenters. The van der Waals surface area contributed by atoms with E-state index in [1.165, 1.54) is 30.4 Å². The van der Waals surface area contributed by atoms with Gasteiger partial charge in [-0.1, -0.05) is 24.3 Å². The van der Waals surface area contributed by atoms with Gasteiger partial charge in [0.25, 0.3) is 0 Å². The van der Waals surface area contributed by atoms with E-state index in [4.69, 9.17) is 0 Å². The van der Waals surface area contributed by atoms with Gasteiger partial charge in [-0.2, -0.15) is 0 Å². The molecule has 1 unspecified atom stereocenters. The quantitative estimate of drug-likeness (QED) is 0.574. The van der Waals surface area contributed by atoms with Crippen LogP contribution in [0.3, 0.4) is 0 Å². The maximum Gasteiger partial charge on any atom is 0.110 e. The normalized spacial score (nSPS) is 22.8. The Bertz CT molecular complexity index is 255. The minimum Gasteiger partial charge on any atom is -0.351 e. The fourth-order valence-corrected chi connectivity index (χ4v) is 1.85. The minimum atomic E-state index is 0.542. The summed E-state index contributed by atoms with van der Waals surface area (Å²) in [4.78, 5) is 0. The van der Waals surface area contributed by atoms with Crippen molar-refractivity contribution in [2.75, 3.05) is 0 Å². The van der Waals surface area contributed by atoms with Crippen LogP contribution in [0.25, 0.3) is 0 Å². The highest BCUT2D eigenvalue weighted by molar-refractivity contribution is 5.30. The number of hydrogen-bond acceptors (Lipinski definition) is 0. The van der Waals surface area contributed by atoms with Crippen LogP contribution in [-0.4, -0.2) is 0 Å². The van der Waals surface area contributed by atoms with Crippen molar-refractivity contribution in [3.05, 3.63) is 35.4 Å². The van der Waals surface area contributed by atoms with Gasteiger partial charge in [0.2, 0.25) is 0 Å². The van der Waals surface area contributed by atoms with Crippen LogP contribution in [0.5, 0.6) is 0 Å². The molecular weight excluding hydrogens is 134 g/mol. The van der Waals surface area contributed by atoms with Gasteiger partial charge in [-0.15, -0.1) is 0 Å². The third-order valence-electron chi connectivity index (χ3n) is 2.49. The van der Waals surface area contributed by atoms with Crippen LogP contribution in [0.4, 0.5) is 0 Å². The van der Waals surface area contributed by atoms with E-state index in [9.17, 15) is 0 Å². The Morgan fingerprint density at radius 2 is 2.09 bits per heavy atom. The van der Waals surface area contributed by atoms with E-state index in [-0.39, 0.29) is 0 Å². The van der Waals surface area contributed by atoms with Gasteiger partial charge in [0.1, 0.15) is 6.04 Å². The number of fused-ring (bicyclic) bond motifs is 1. The van der Waals surface area contributed by atoms with Gasteiger partial charge in [0.15, 0.2) is 0 Å². The second-order valence-electron chi connectivity index (χ2n) is 3.29. The van der Waals surface area contributed by atoms with Crippen molar-refractivity contribution in [3.63, 3.8) is 0 Å². The molecule has 0 heterocycles. The Labute approximate surface area is 67.2 Å². The van der Waals surface area contributed by atoms with E-state index in [0.29, 0.717) is 6.04 Å². The standard InChI is InChI=1S/C10H13N/c11-10-7-3-5-8-4-1-2-6-9(8)10/h1-2,4,6,10H,3,5,7,11H2/p+1. The molecule has 0 aliphatic heterocycles. The zero-order chi connectivity index (χ0) is 7.68. The van der Waals surface area contributed by atoms with Gasteiger partial charge < -0.3 is 5.73 Å². The SMILES string of the molecule is [NH3+]C1CCCc2ccccc21. The van der Waals surface area contributed by atoms with Gasteiger partial charge in [0.05, 0.1) is 0 Å². The van der Waals surface area contributed by atoms with Gasteiger partial charge in [-0.25, -0.2) is 0 Å². The number of rotatable bonds is 0. The zero-order valence-electron chi connectivity index (χ0n) is 6.72. The molecule has 0 aromatic heterocycles. The van der Waals surface area contributed by atoms with Gasteiger partial charge in [0, 0.05) is 12.0 Å². The molecule has 1 aromatic rings. The molecule has 0 saturated carbocycles. The number of quaternary nitrogens is 1. The van der Waals surface area contributed by atoms with Gasteiger partial charge in [-0.05, 0) is 18.4 Å². The Kier molecular flexibility index (Phi) is 1.66. The Balaban J connectivity index is 2.44. The molecular formula is C10H14N+. The van der Waals surface area contributed by atoms with E-state index in [0.717, 1.165) is 0 Å². The van der Waals surface area contributed by atoms with Crippen LogP contribution >= 0.6 is 0 Å². The molecule has 1 aliphatic rings. The maximum absolute atomic E-state index is 4.14. The van der Waals surface area contributed by atoms with Crippen molar-refractivity contribution in [3.8, 4) is 0 Å². The predicted molar refractivity (Wildman–Crippen MR) is 45.0 cm³/mol. The van der Waals surface area contributed by atoms with Crippen molar-refractivity contribution in [1.82, 2.24) is 0 Å². The summed E-state index contributed by atoms with van der Waals surface area (Å²) >= 11 is 0. The molecule has 0 spiro atoms. The molecule has 11 heavy (non-hydrogen) atoms. The van der Waals surface area contributed by atoms with Crippen LogP contribution in [0, 0.1) is 0 Å². The highest BCUT2D eigenvalue weighted by Gasteiger charge is 2.17. The number of aryl methyl sites for hydroxylation is 1.